The van der Waals surface area contributed by atoms with E-state index in [9.17, 15) is 13.2 Å². The van der Waals surface area contributed by atoms with Crippen molar-refractivity contribution in [2.24, 2.45) is 0 Å². The van der Waals surface area contributed by atoms with Crippen molar-refractivity contribution in [3.8, 4) is 11.4 Å². The van der Waals surface area contributed by atoms with Gasteiger partial charge in [0, 0.05) is 23.9 Å². The molecule has 1 aromatic carbocycles. The Labute approximate surface area is 139 Å². The van der Waals surface area contributed by atoms with Crippen LogP contribution in [0.5, 0.6) is 0 Å². The lowest BCUT2D eigenvalue weighted by atomic mass is 10.2. The van der Waals surface area contributed by atoms with E-state index in [1.165, 1.54) is 30.6 Å². The average Bonchev–Trinajstić information content (AvgIpc) is 3.00. The Morgan fingerprint density at radius 2 is 1.72 bits per heavy atom. The molecule has 8 heteroatoms. The monoisotopic (exact) mass is 341 g/mol. The van der Waals surface area contributed by atoms with E-state index in [1.807, 2.05) is 0 Å². The molecule has 0 bridgehead atoms. The van der Waals surface area contributed by atoms with Gasteiger partial charge < -0.3 is 10.3 Å². The van der Waals surface area contributed by atoms with E-state index in [2.05, 4.69) is 25.3 Å². The molecule has 5 nitrogen and oxygen atoms in total. The molecule has 3 aromatic heterocycles. The molecule has 0 fully saturated rings. The number of hydrogen-bond donors (Lipinski definition) is 2. The predicted molar refractivity (Wildman–Crippen MR) is 86.7 cm³/mol. The summed E-state index contributed by atoms with van der Waals surface area (Å²) in [6.45, 7) is 0. The van der Waals surface area contributed by atoms with Crippen molar-refractivity contribution in [2.45, 2.75) is 0 Å². The maximum atomic E-state index is 13.4. The molecule has 4 aromatic rings. The van der Waals surface area contributed by atoms with Gasteiger partial charge in [-0.1, -0.05) is 0 Å². The summed E-state index contributed by atoms with van der Waals surface area (Å²) in [6.07, 6.45) is 2.87. The zero-order valence-electron chi connectivity index (χ0n) is 12.6. The number of H-pyrrole nitrogens is 1. The standard InChI is InChI=1S/C17H10F3N5/c18-10-3-4-21-15(6-10)25-16-7-13-14(8-22-16)24-17(23-13)9-1-2-11(19)12(20)5-9/h1-8H,(H,23,24)(H,21,22,25). The van der Waals surface area contributed by atoms with Crippen LogP contribution in [0.25, 0.3) is 22.4 Å². The first kappa shape index (κ1) is 15.1. The van der Waals surface area contributed by atoms with Gasteiger partial charge in [0.1, 0.15) is 23.3 Å². The Bertz CT molecular complexity index is 1080. The van der Waals surface area contributed by atoms with Crippen LogP contribution in [0, 0.1) is 17.5 Å². The van der Waals surface area contributed by atoms with Gasteiger partial charge in [-0.05, 0) is 24.3 Å². The minimum Gasteiger partial charge on any atom is -0.337 e. The first-order valence-electron chi connectivity index (χ1n) is 7.28. The number of rotatable bonds is 3. The fourth-order valence-electron chi connectivity index (χ4n) is 2.36. The summed E-state index contributed by atoms with van der Waals surface area (Å²) in [5.41, 5.74) is 1.60. The molecule has 0 aliphatic rings. The van der Waals surface area contributed by atoms with E-state index in [0.29, 0.717) is 34.1 Å². The largest absolute Gasteiger partial charge is 0.337 e. The van der Waals surface area contributed by atoms with Gasteiger partial charge in [-0.25, -0.2) is 28.1 Å². The maximum absolute atomic E-state index is 13.4. The van der Waals surface area contributed by atoms with Crippen LogP contribution < -0.4 is 5.32 Å². The number of aromatic nitrogens is 4. The van der Waals surface area contributed by atoms with Gasteiger partial charge in [-0.15, -0.1) is 0 Å². The van der Waals surface area contributed by atoms with E-state index in [4.69, 9.17) is 0 Å². The first-order chi connectivity index (χ1) is 12.1. The highest BCUT2D eigenvalue weighted by atomic mass is 19.2. The summed E-state index contributed by atoms with van der Waals surface area (Å²) >= 11 is 0. The van der Waals surface area contributed by atoms with Gasteiger partial charge in [0.2, 0.25) is 0 Å². The fourth-order valence-corrected chi connectivity index (χ4v) is 2.36. The molecule has 0 saturated heterocycles. The van der Waals surface area contributed by atoms with Gasteiger partial charge in [0.15, 0.2) is 11.6 Å². The SMILES string of the molecule is Fc1ccnc(Nc2cc3nc(-c4ccc(F)c(F)c4)[nH]c3cn2)c1. The average molecular weight is 341 g/mol. The molecule has 0 radical (unpaired) electrons. The van der Waals surface area contributed by atoms with Crippen molar-refractivity contribution in [1.82, 2.24) is 19.9 Å². The van der Waals surface area contributed by atoms with Crippen molar-refractivity contribution in [3.63, 3.8) is 0 Å². The van der Waals surface area contributed by atoms with Crippen molar-refractivity contribution in [1.29, 1.82) is 0 Å². The Hall–Kier alpha value is -3.42. The summed E-state index contributed by atoms with van der Waals surface area (Å²) < 4.78 is 39.6. The zero-order chi connectivity index (χ0) is 17.4. The van der Waals surface area contributed by atoms with Crippen molar-refractivity contribution >= 4 is 22.7 Å². The molecular formula is C17H10F3N5. The van der Waals surface area contributed by atoms with Crippen LogP contribution in [0.3, 0.4) is 0 Å². The molecule has 0 saturated carbocycles. The number of nitrogens with one attached hydrogen (secondary N) is 2. The molecule has 25 heavy (non-hydrogen) atoms. The third-order valence-electron chi connectivity index (χ3n) is 3.54. The smallest absolute Gasteiger partial charge is 0.159 e. The molecule has 3 heterocycles. The summed E-state index contributed by atoms with van der Waals surface area (Å²) in [5, 5.41) is 2.88. The van der Waals surface area contributed by atoms with Gasteiger partial charge >= 0.3 is 0 Å². The van der Waals surface area contributed by atoms with E-state index >= 15 is 0 Å². The molecule has 2 N–H and O–H groups in total. The lowest BCUT2D eigenvalue weighted by Gasteiger charge is -2.03. The zero-order valence-corrected chi connectivity index (χ0v) is 12.6. The third kappa shape index (κ3) is 3.01. The van der Waals surface area contributed by atoms with E-state index in [1.54, 1.807) is 6.07 Å². The molecule has 0 aliphatic carbocycles. The topological polar surface area (TPSA) is 66.5 Å². The van der Waals surface area contributed by atoms with Crippen LogP contribution in [0.15, 0.2) is 48.8 Å². The molecule has 0 amide bonds. The lowest BCUT2D eigenvalue weighted by Crippen LogP contribution is -1.96. The summed E-state index contributed by atoms with van der Waals surface area (Å²) in [6, 6.07) is 7.66. The van der Waals surface area contributed by atoms with Crippen LogP contribution in [0.1, 0.15) is 0 Å². The highest BCUT2D eigenvalue weighted by Crippen LogP contribution is 2.24. The molecular weight excluding hydrogens is 331 g/mol. The van der Waals surface area contributed by atoms with Gasteiger partial charge in [-0.3, -0.25) is 0 Å². The summed E-state index contributed by atoms with van der Waals surface area (Å²) in [7, 11) is 0. The number of aromatic amines is 1. The van der Waals surface area contributed by atoms with Crippen LogP contribution in [0.2, 0.25) is 0 Å². The number of hydrogen-bond acceptors (Lipinski definition) is 4. The minimum absolute atomic E-state index is 0.309. The number of fused-ring (bicyclic) bond motifs is 1. The molecule has 124 valence electrons. The second-order valence-corrected chi connectivity index (χ2v) is 5.29. The van der Waals surface area contributed by atoms with E-state index < -0.39 is 17.5 Å². The predicted octanol–water partition coefficient (Wildman–Crippen LogP) is 4.18. The number of pyridine rings is 2. The highest BCUT2D eigenvalue weighted by Gasteiger charge is 2.10. The molecule has 0 aliphatic heterocycles. The minimum atomic E-state index is -0.949. The normalized spacial score (nSPS) is 11.0. The third-order valence-corrected chi connectivity index (χ3v) is 3.54. The van der Waals surface area contributed by atoms with Crippen LogP contribution in [-0.4, -0.2) is 19.9 Å². The molecule has 0 spiro atoms. The highest BCUT2D eigenvalue weighted by molar-refractivity contribution is 5.81. The van der Waals surface area contributed by atoms with E-state index in [0.717, 1.165) is 12.1 Å². The van der Waals surface area contributed by atoms with Crippen LogP contribution in [-0.2, 0) is 0 Å². The summed E-state index contributed by atoms with van der Waals surface area (Å²) in [5.74, 6) is -1.17. The number of halogens is 3. The second kappa shape index (κ2) is 5.90. The Morgan fingerprint density at radius 1 is 0.880 bits per heavy atom. The Kier molecular flexibility index (Phi) is 3.57. The van der Waals surface area contributed by atoms with Gasteiger partial charge in [0.05, 0.1) is 17.2 Å². The molecule has 0 atom stereocenters. The summed E-state index contributed by atoms with van der Waals surface area (Å²) in [4.78, 5) is 15.5. The lowest BCUT2D eigenvalue weighted by molar-refractivity contribution is 0.509. The van der Waals surface area contributed by atoms with Gasteiger partial charge in [0.25, 0.3) is 0 Å². The number of benzene rings is 1. The van der Waals surface area contributed by atoms with Crippen molar-refractivity contribution < 1.29 is 13.2 Å². The first-order valence-corrected chi connectivity index (χ1v) is 7.28. The quantitative estimate of drug-likeness (QED) is 0.587. The molecule has 4 rings (SSSR count). The van der Waals surface area contributed by atoms with E-state index in [-0.39, 0.29) is 0 Å². The van der Waals surface area contributed by atoms with Crippen LogP contribution >= 0.6 is 0 Å². The fraction of sp³-hybridized carbons (Fsp3) is 0. The maximum Gasteiger partial charge on any atom is 0.159 e. The molecule has 0 unspecified atom stereocenters. The van der Waals surface area contributed by atoms with Crippen molar-refractivity contribution in [2.75, 3.05) is 5.32 Å². The van der Waals surface area contributed by atoms with Crippen molar-refractivity contribution in [3.05, 3.63) is 66.2 Å². The second-order valence-electron chi connectivity index (χ2n) is 5.29. The van der Waals surface area contributed by atoms with Gasteiger partial charge in [-0.2, -0.15) is 0 Å². The van der Waals surface area contributed by atoms with Crippen LogP contribution in [0.4, 0.5) is 24.8 Å². The Balaban J connectivity index is 1.68. The Morgan fingerprint density at radius 3 is 2.52 bits per heavy atom. The number of anilines is 2. The number of imidazole rings is 1. The number of nitrogens with zero attached hydrogens (tertiary/aromatic N) is 3.